The molecule has 20 heavy (non-hydrogen) atoms. The Bertz CT molecular complexity index is 623. The Morgan fingerprint density at radius 2 is 1.15 bits per heavy atom. The summed E-state index contributed by atoms with van der Waals surface area (Å²) in [6.45, 7) is 1.79. The Kier molecular flexibility index (Phi) is 3.76. The van der Waals surface area contributed by atoms with Crippen molar-refractivity contribution in [3.63, 3.8) is 0 Å². The molecule has 1 atom stereocenters. The third kappa shape index (κ3) is 2.27. The summed E-state index contributed by atoms with van der Waals surface area (Å²) < 4.78 is 66.4. The minimum atomic E-state index is -2.19. The van der Waals surface area contributed by atoms with Crippen LogP contribution in [0.1, 0.15) is 22.7 Å². The highest BCUT2D eigenvalue weighted by Gasteiger charge is 2.29. The molecular formula is C14H10F5N. The molecule has 0 bridgehead atoms. The van der Waals surface area contributed by atoms with E-state index >= 15 is 0 Å². The van der Waals surface area contributed by atoms with Crippen molar-refractivity contribution in [2.45, 2.75) is 13.0 Å². The summed E-state index contributed by atoms with van der Waals surface area (Å²) in [6, 6.07) is 4.75. The van der Waals surface area contributed by atoms with Crippen molar-refractivity contribution >= 4 is 0 Å². The van der Waals surface area contributed by atoms with Gasteiger partial charge in [0.1, 0.15) is 0 Å². The van der Waals surface area contributed by atoms with Gasteiger partial charge in [0, 0.05) is 0 Å². The lowest BCUT2D eigenvalue weighted by Crippen LogP contribution is -2.19. The summed E-state index contributed by atoms with van der Waals surface area (Å²) in [7, 11) is 0. The molecule has 2 N–H and O–H groups in total. The summed E-state index contributed by atoms with van der Waals surface area (Å²) in [5.74, 6) is -10.0. The Morgan fingerprint density at radius 1 is 0.750 bits per heavy atom. The highest BCUT2D eigenvalue weighted by Crippen LogP contribution is 2.30. The molecule has 1 nitrogen and oxygen atoms in total. The van der Waals surface area contributed by atoms with E-state index in [1.807, 2.05) is 0 Å². The van der Waals surface area contributed by atoms with Crippen LogP contribution in [0.5, 0.6) is 0 Å². The first kappa shape index (κ1) is 14.5. The van der Waals surface area contributed by atoms with E-state index in [1.54, 1.807) is 19.1 Å². The normalized spacial score (nSPS) is 12.6. The van der Waals surface area contributed by atoms with Crippen LogP contribution in [0.2, 0.25) is 0 Å². The number of benzene rings is 2. The predicted octanol–water partition coefficient (Wildman–Crippen LogP) is 3.74. The van der Waals surface area contributed by atoms with E-state index in [4.69, 9.17) is 5.73 Å². The van der Waals surface area contributed by atoms with Gasteiger partial charge in [0.2, 0.25) is 5.82 Å². The van der Waals surface area contributed by atoms with Crippen LogP contribution in [0.3, 0.4) is 0 Å². The van der Waals surface area contributed by atoms with E-state index < -0.39 is 40.7 Å². The van der Waals surface area contributed by atoms with Crippen LogP contribution in [-0.4, -0.2) is 0 Å². The Balaban J connectivity index is 2.60. The molecule has 1 unspecified atom stereocenters. The van der Waals surface area contributed by atoms with E-state index in [9.17, 15) is 22.0 Å². The molecular weight excluding hydrogens is 277 g/mol. The number of halogens is 5. The molecule has 2 rings (SSSR count). The highest BCUT2D eigenvalue weighted by atomic mass is 19.2. The number of aryl methyl sites for hydroxylation is 1. The molecule has 0 radical (unpaired) electrons. The monoisotopic (exact) mass is 287 g/mol. The maximum absolute atomic E-state index is 13.6. The topological polar surface area (TPSA) is 26.0 Å². The molecule has 2 aromatic carbocycles. The van der Waals surface area contributed by atoms with Crippen LogP contribution in [0.25, 0.3) is 0 Å². The van der Waals surface area contributed by atoms with E-state index in [0.29, 0.717) is 0 Å². The fourth-order valence-electron chi connectivity index (χ4n) is 1.84. The summed E-state index contributed by atoms with van der Waals surface area (Å²) in [4.78, 5) is 0. The van der Waals surface area contributed by atoms with Gasteiger partial charge >= 0.3 is 0 Å². The van der Waals surface area contributed by atoms with Gasteiger partial charge in [-0.3, -0.25) is 0 Å². The SMILES string of the molecule is Cc1ccc(C(N)c2c(F)c(F)c(F)c(F)c2F)cc1. The highest BCUT2D eigenvalue weighted by molar-refractivity contribution is 5.35. The fourth-order valence-corrected chi connectivity index (χ4v) is 1.84. The minimum Gasteiger partial charge on any atom is -0.320 e. The van der Waals surface area contributed by atoms with Crippen molar-refractivity contribution in [1.29, 1.82) is 0 Å². The van der Waals surface area contributed by atoms with E-state index in [-0.39, 0.29) is 5.56 Å². The van der Waals surface area contributed by atoms with Gasteiger partial charge in [-0.1, -0.05) is 29.8 Å². The molecule has 2 aromatic rings. The lowest BCUT2D eigenvalue weighted by molar-refractivity contribution is 0.367. The van der Waals surface area contributed by atoms with E-state index in [1.165, 1.54) is 12.1 Å². The molecule has 6 heteroatoms. The van der Waals surface area contributed by atoms with Gasteiger partial charge in [0.25, 0.3) is 0 Å². The summed E-state index contributed by atoms with van der Waals surface area (Å²) in [5.41, 5.74) is 5.71. The predicted molar refractivity (Wildman–Crippen MR) is 63.4 cm³/mol. The summed E-state index contributed by atoms with van der Waals surface area (Å²) >= 11 is 0. The molecule has 0 spiro atoms. The molecule has 0 aromatic heterocycles. The van der Waals surface area contributed by atoms with Crippen LogP contribution in [0.4, 0.5) is 22.0 Å². The maximum Gasteiger partial charge on any atom is 0.200 e. The molecule has 106 valence electrons. The quantitative estimate of drug-likeness (QED) is 0.508. The van der Waals surface area contributed by atoms with Gasteiger partial charge in [-0.25, -0.2) is 22.0 Å². The van der Waals surface area contributed by atoms with Crippen LogP contribution >= 0.6 is 0 Å². The second kappa shape index (κ2) is 5.20. The molecule has 0 saturated heterocycles. The van der Waals surface area contributed by atoms with Crippen molar-refractivity contribution in [2.75, 3.05) is 0 Å². The minimum absolute atomic E-state index is 0.249. The molecule has 0 aliphatic heterocycles. The Morgan fingerprint density at radius 3 is 1.60 bits per heavy atom. The number of hydrogen-bond donors (Lipinski definition) is 1. The van der Waals surface area contributed by atoms with E-state index in [2.05, 4.69) is 0 Å². The fraction of sp³-hybridized carbons (Fsp3) is 0.143. The van der Waals surface area contributed by atoms with E-state index in [0.717, 1.165) is 5.56 Å². The van der Waals surface area contributed by atoms with Gasteiger partial charge in [-0.15, -0.1) is 0 Å². The van der Waals surface area contributed by atoms with Crippen LogP contribution in [-0.2, 0) is 0 Å². The van der Waals surface area contributed by atoms with Crippen LogP contribution in [0.15, 0.2) is 24.3 Å². The third-order valence-corrected chi connectivity index (χ3v) is 2.99. The van der Waals surface area contributed by atoms with Crippen LogP contribution in [0, 0.1) is 36.0 Å². The van der Waals surface area contributed by atoms with Gasteiger partial charge in [0.15, 0.2) is 23.3 Å². The molecule has 0 amide bonds. The van der Waals surface area contributed by atoms with Gasteiger partial charge in [-0.05, 0) is 12.5 Å². The standard InChI is InChI=1S/C14H10F5N/c1-6-2-4-7(5-3-6)14(20)8-9(15)11(17)13(19)12(18)10(8)16/h2-5,14H,20H2,1H3. The van der Waals surface area contributed by atoms with Crippen molar-refractivity contribution in [1.82, 2.24) is 0 Å². The molecule has 0 heterocycles. The number of rotatable bonds is 2. The van der Waals surface area contributed by atoms with Gasteiger partial charge < -0.3 is 5.73 Å². The van der Waals surface area contributed by atoms with Gasteiger partial charge in [0.05, 0.1) is 11.6 Å². The first-order valence-electron chi connectivity index (χ1n) is 5.68. The smallest absolute Gasteiger partial charge is 0.200 e. The van der Waals surface area contributed by atoms with Crippen molar-refractivity contribution in [3.8, 4) is 0 Å². The third-order valence-electron chi connectivity index (χ3n) is 2.99. The lowest BCUT2D eigenvalue weighted by atomic mass is 9.97. The zero-order chi connectivity index (χ0) is 15.0. The summed E-state index contributed by atoms with van der Waals surface area (Å²) in [5, 5.41) is 0. The van der Waals surface area contributed by atoms with Crippen LogP contribution < -0.4 is 5.73 Å². The number of nitrogens with two attached hydrogens (primary N) is 1. The zero-order valence-electron chi connectivity index (χ0n) is 10.4. The lowest BCUT2D eigenvalue weighted by Gasteiger charge is -2.16. The van der Waals surface area contributed by atoms with Gasteiger partial charge in [-0.2, -0.15) is 0 Å². The van der Waals surface area contributed by atoms with Crippen molar-refractivity contribution < 1.29 is 22.0 Å². The maximum atomic E-state index is 13.6. The average molecular weight is 287 g/mol. The zero-order valence-corrected chi connectivity index (χ0v) is 10.4. The second-order valence-electron chi connectivity index (χ2n) is 4.37. The molecule has 0 aliphatic rings. The summed E-state index contributed by atoms with van der Waals surface area (Å²) in [6.07, 6.45) is 0. The first-order chi connectivity index (χ1) is 9.34. The molecule has 0 fully saturated rings. The largest absolute Gasteiger partial charge is 0.320 e. The number of hydrogen-bond acceptors (Lipinski definition) is 1. The molecule has 0 aliphatic carbocycles. The van der Waals surface area contributed by atoms with Crippen molar-refractivity contribution in [2.24, 2.45) is 5.73 Å². The Labute approximate surface area is 111 Å². The molecule has 0 saturated carbocycles. The van der Waals surface area contributed by atoms with Crippen molar-refractivity contribution in [3.05, 3.63) is 70.0 Å². The average Bonchev–Trinajstić information content (AvgIpc) is 2.44. The second-order valence-corrected chi connectivity index (χ2v) is 4.37. The Hall–Kier alpha value is -1.95. The first-order valence-corrected chi connectivity index (χ1v) is 5.68.